The average Bonchev–Trinajstić information content (AvgIpc) is 2.90. The molecular formula is C26H33N7O2. The van der Waals surface area contributed by atoms with Crippen LogP contribution in [0.3, 0.4) is 0 Å². The molecule has 6 rings (SSSR count). The molecule has 3 aromatic rings. The van der Waals surface area contributed by atoms with E-state index in [0.29, 0.717) is 6.04 Å². The van der Waals surface area contributed by atoms with E-state index in [4.69, 9.17) is 14.5 Å². The number of aromatic nitrogens is 4. The highest BCUT2D eigenvalue weighted by molar-refractivity contribution is 5.85. The second-order valence-corrected chi connectivity index (χ2v) is 9.86. The molecule has 0 radical (unpaired) electrons. The number of hydrogen-bond acceptors (Lipinski definition) is 9. The van der Waals surface area contributed by atoms with Crippen molar-refractivity contribution in [3.05, 3.63) is 42.0 Å². The van der Waals surface area contributed by atoms with Crippen LogP contribution >= 0.6 is 0 Å². The van der Waals surface area contributed by atoms with Crippen molar-refractivity contribution in [2.24, 2.45) is 0 Å². The highest BCUT2D eigenvalue weighted by Gasteiger charge is 2.25. The maximum Gasteiger partial charge on any atom is 0.223 e. The average molecular weight is 476 g/mol. The molecule has 1 saturated heterocycles. The van der Waals surface area contributed by atoms with Crippen LogP contribution in [0.5, 0.6) is 5.75 Å². The van der Waals surface area contributed by atoms with Crippen molar-refractivity contribution < 1.29 is 9.47 Å². The fourth-order valence-electron chi connectivity index (χ4n) is 5.31. The van der Waals surface area contributed by atoms with Crippen molar-refractivity contribution in [2.75, 3.05) is 50.1 Å². The molecule has 1 N–H and O–H groups in total. The molecule has 1 saturated carbocycles. The molecule has 9 heteroatoms. The zero-order valence-electron chi connectivity index (χ0n) is 20.3. The number of hydrogen-bond donors (Lipinski definition) is 1. The Balaban J connectivity index is 1.11. The fourth-order valence-corrected chi connectivity index (χ4v) is 5.31. The van der Waals surface area contributed by atoms with Gasteiger partial charge in [0.25, 0.3) is 0 Å². The highest BCUT2D eigenvalue weighted by Crippen LogP contribution is 2.33. The van der Waals surface area contributed by atoms with Gasteiger partial charge in [-0.05, 0) is 50.8 Å². The number of likely N-dealkylation sites (N-methyl/N-ethyl adjacent to an activating group) is 1. The van der Waals surface area contributed by atoms with Gasteiger partial charge in [-0.15, -0.1) is 0 Å². The van der Waals surface area contributed by atoms with E-state index in [2.05, 4.69) is 49.2 Å². The number of anilines is 2. The minimum atomic E-state index is 0.163. The second kappa shape index (κ2) is 9.91. The number of ether oxygens (including phenoxy) is 2. The Morgan fingerprint density at radius 2 is 1.83 bits per heavy atom. The molecular weight excluding hydrogens is 442 g/mol. The molecule has 3 aliphatic rings. The molecule has 1 aromatic carbocycles. The van der Waals surface area contributed by atoms with Crippen LogP contribution in [0.4, 0.5) is 11.6 Å². The van der Waals surface area contributed by atoms with Crippen LogP contribution in [0.25, 0.3) is 11.0 Å². The number of fused-ring (bicyclic) bond motifs is 2. The van der Waals surface area contributed by atoms with Crippen LogP contribution in [0, 0.1) is 0 Å². The lowest BCUT2D eigenvalue weighted by Crippen LogP contribution is -2.36. The van der Waals surface area contributed by atoms with Gasteiger partial charge in [-0.1, -0.05) is 0 Å². The SMILES string of the molecule is CN1CCc2cnc(NC3CCC(Oc4cc(N5CCOCC5)cc5nccnc45)CC3)nc2C1. The number of nitrogens with one attached hydrogen (secondary N) is 1. The summed E-state index contributed by atoms with van der Waals surface area (Å²) < 4.78 is 12.1. The minimum absolute atomic E-state index is 0.163. The molecule has 2 fully saturated rings. The second-order valence-electron chi connectivity index (χ2n) is 9.86. The summed E-state index contributed by atoms with van der Waals surface area (Å²) in [6.07, 6.45) is 10.7. The third-order valence-electron chi connectivity index (χ3n) is 7.34. The van der Waals surface area contributed by atoms with E-state index in [-0.39, 0.29) is 6.10 Å². The van der Waals surface area contributed by atoms with E-state index in [1.54, 1.807) is 12.4 Å². The van der Waals surface area contributed by atoms with Gasteiger partial charge in [0, 0.05) is 62.6 Å². The Morgan fingerprint density at radius 1 is 1.00 bits per heavy atom. The molecule has 0 amide bonds. The quantitative estimate of drug-likeness (QED) is 0.598. The first-order chi connectivity index (χ1) is 17.2. The normalized spacial score (nSPS) is 23.2. The lowest BCUT2D eigenvalue weighted by Gasteiger charge is -2.31. The maximum atomic E-state index is 6.56. The van der Waals surface area contributed by atoms with Gasteiger partial charge in [0.2, 0.25) is 5.95 Å². The van der Waals surface area contributed by atoms with Gasteiger partial charge in [0.05, 0.1) is 30.5 Å². The van der Waals surface area contributed by atoms with Gasteiger partial charge in [-0.2, -0.15) is 0 Å². The van der Waals surface area contributed by atoms with Crippen molar-refractivity contribution in [3.8, 4) is 5.75 Å². The summed E-state index contributed by atoms with van der Waals surface area (Å²) >= 11 is 0. The van der Waals surface area contributed by atoms with Crippen LogP contribution in [0.1, 0.15) is 36.9 Å². The Morgan fingerprint density at radius 3 is 2.69 bits per heavy atom. The molecule has 0 spiro atoms. The van der Waals surface area contributed by atoms with Crippen LogP contribution in [0.2, 0.25) is 0 Å². The van der Waals surface area contributed by atoms with Gasteiger partial charge in [0.1, 0.15) is 11.3 Å². The minimum Gasteiger partial charge on any atom is -0.488 e. The molecule has 0 unspecified atom stereocenters. The summed E-state index contributed by atoms with van der Waals surface area (Å²) in [5.74, 6) is 1.58. The predicted octanol–water partition coefficient (Wildman–Crippen LogP) is 3.05. The van der Waals surface area contributed by atoms with E-state index in [9.17, 15) is 0 Å². The third-order valence-corrected chi connectivity index (χ3v) is 7.34. The number of rotatable bonds is 5. The van der Waals surface area contributed by atoms with Gasteiger partial charge >= 0.3 is 0 Å². The van der Waals surface area contributed by atoms with Crippen LogP contribution in [-0.4, -0.2) is 76.9 Å². The molecule has 2 aliphatic heterocycles. The van der Waals surface area contributed by atoms with Gasteiger partial charge in [0.15, 0.2) is 0 Å². The fraction of sp³-hybridized carbons (Fsp3) is 0.538. The zero-order chi connectivity index (χ0) is 23.6. The van der Waals surface area contributed by atoms with E-state index in [0.717, 1.165) is 106 Å². The zero-order valence-corrected chi connectivity index (χ0v) is 20.3. The molecule has 9 nitrogen and oxygen atoms in total. The highest BCUT2D eigenvalue weighted by atomic mass is 16.5. The first kappa shape index (κ1) is 22.4. The molecule has 0 bridgehead atoms. The molecule has 4 heterocycles. The summed E-state index contributed by atoms with van der Waals surface area (Å²) in [5, 5.41) is 3.57. The number of morpholine rings is 1. The largest absolute Gasteiger partial charge is 0.488 e. The Kier molecular flexibility index (Phi) is 6.35. The van der Waals surface area contributed by atoms with Crippen molar-refractivity contribution in [3.63, 3.8) is 0 Å². The molecule has 1 aliphatic carbocycles. The number of nitrogens with zero attached hydrogens (tertiary/aromatic N) is 6. The molecule has 0 atom stereocenters. The van der Waals surface area contributed by atoms with Crippen molar-refractivity contribution in [2.45, 2.75) is 50.8 Å². The monoisotopic (exact) mass is 475 g/mol. The van der Waals surface area contributed by atoms with Crippen molar-refractivity contribution in [1.29, 1.82) is 0 Å². The van der Waals surface area contributed by atoms with Crippen LogP contribution < -0.4 is 15.0 Å². The summed E-state index contributed by atoms with van der Waals surface area (Å²) in [5.41, 5.74) is 5.26. The van der Waals surface area contributed by atoms with Gasteiger partial charge in [-0.3, -0.25) is 4.98 Å². The van der Waals surface area contributed by atoms with Crippen LogP contribution in [-0.2, 0) is 17.7 Å². The van der Waals surface area contributed by atoms with Crippen LogP contribution in [0.15, 0.2) is 30.7 Å². The van der Waals surface area contributed by atoms with Gasteiger partial charge in [-0.25, -0.2) is 15.0 Å². The van der Waals surface area contributed by atoms with E-state index in [1.165, 1.54) is 5.56 Å². The molecule has 184 valence electrons. The van der Waals surface area contributed by atoms with Crippen molar-refractivity contribution in [1.82, 2.24) is 24.8 Å². The van der Waals surface area contributed by atoms with E-state index >= 15 is 0 Å². The lowest BCUT2D eigenvalue weighted by molar-refractivity contribution is 0.122. The third kappa shape index (κ3) is 5.01. The molecule has 35 heavy (non-hydrogen) atoms. The lowest BCUT2D eigenvalue weighted by atomic mass is 9.93. The predicted molar refractivity (Wildman–Crippen MR) is 135 cm³/mol. The Bertz CT molecular complexity index is 1180. The first-order valence-corrected chi connectivity index (χ1v) is 12.8. The maximum absolute atomic E-state index is 6.56. The van der Waals surface area contributed by atoms with Crippen molar-refractivity contribution >= 4 is 22.7 Å². The standard InChI is InChI=1S/C26H33N7O2/c1-32-9-6-18-16-29-26(31-23(18)17-32)30-19-2-4-21(5-3-19)35-24-15-20(33-10-12-34-13-11-33)14-22-25(24)28-8-7-27-22/h7-8,14-16,19,21H,2-6,9-13,17H2,1H3,(H,29,30,31). The smallest absolute Gasteiger partial charge is 0.223 e. The molecule has 2 aromatic heterocycles. The van der Waals surface area contributed by atoms with Gasteiger partial charge < -0.3 is 24.6 Å². The Hall–Kier alpha value is -3.04. The summed E-state index contributed by atoms with van der Waals surface area (Å²) in [6.45, 7) is 5.22. The topological polar surface area (TPSA) is 88.5 Å². The summed E-state index contributed by atoms with van der Waals surface area (Å²) in [7, 11) is 2.14. The summed E-state index contributed by atoms with van der Waals surface area (Å²) in [6, 6.07) is 4.60. The summed E-state index contributed by atoms with van der Waals surface area (Å²) in [4.78, 5) is 23.2. The first-order valence-electron chi connectivity index (χ1n) is 12.8. The van der Waals surface area contributed by atoms with E-state index in [1.807, 2.05) is 6.20 Å². The number of benzene rings is 1. The van der Waals surface area contributed by atoms with E-state index < -0.39 is 0 Å². The Labute approximate surface area is 205 Å².